The Hall–Kier alpha value is -3.90. The highest BCUT2D eigenvalue weighted by atomic mass is 16.1. The molecular formula is C27H27N3O3. The zero-order valence-corrected chi connectivity index (χ0v) is 19.9. The largest absolute Gasteiger partial charge is 0.294 e. The molecule has 0 aliphatic carbocycles. The first-order valence-corrected chi connectivity index (χ1v) is 10.9. The smallest absolute Gasteiger partial charge is 0.166 e. The second-order valence-corrected chi connectivity index (χ2v) is 7.97. The SMILES string of the molecule is CCC(=O)c1ccc(C(=O)C(C)CC)c2c(C(C)=N/C(C#N)=C(\C)C#N)ccc(C(C)=O)c12. The molecule has 0 amide bonds. The van der Waals surface area contributed by atoms with Crippen molar-refractivity contribution < 1.29 is 14.4 Å². The number of nitriles is 2. The number of carbonyl (C=O) groups is 3. The molecule has 2 rings (SSSR count). The Balaban J connectivity index is 3.13. The van der Waals surface area contributed by atoms with E-state index in [1.807, 2.05) is 26.0 Å². The van der Waals surface area contributed by atoms with Gasteiger partial charge in [0.2, 0.25) is 0 Å². The predicted octanol–water partition coefficient (Wildman–Crippen LogP) is 5.99. The summed E-state index contributed by atoms with van der Waals surface area (Å²) in [6.45, 7) is 10.1. The number of benzene rings is 2. The summed E-state index contributed by atoms with van der Waals surface area (Å²) in [5.74, 6) is -0.730. The summed E-state index contributed by atoms with van der Waals surface area (Å²) in [7, 11) is 0. The quantitative estimate of drug-likeness (QED) is 0.283. The van der Waals surface area contributed by atoms with Crippen LogP contribution in [-0.4, -0.2) is 23.1 Å². The van der Waals surface area contributed by atoms with E-state index in [4.69, 9.17) is 0 Å². The van der Waals surface area contributed by atoms with Gasteiger partial charge < -0.3 is 0 Å². The first-order chi connectivity index (χ1) is 15.6. The fourth-order valence-electron chi connectivity index (χ4n) is 3.64. The number of Topliss-reactive ketones (excluding diaryl/α,β-unsaturated/α-hetero) is 3. The van der Waals surface area contributed by atoms with Crippen LogP contribution in [0, 0.1) is 28.6 Å². The standard InChI is InChI=1S/C27H27N3O3/c1-7-15(3)27(33)22-12-11-21(24(32)8-2)26-20(18(6)31)10-9-19(25(22)26)17(5)30-23(14-29)16(4)13-28/h9-12,15H,7-8H2,1-6H3/b23-16+,30-17?. The lowest BCUT2D eigenvalue weighted by atomic mass is 9.84. The molecule has 0 aliphatic heterocycles. The first kappa shape index (κ1) is 25.4. The average Bonchev–Trinajstić information content (AvgIpc) is 2.83. The van der Waals surface area contributed by atoms with Crippen molar-refractivity contribution in [1.29, 1.82) is 10.5 Å². The predicted molar refractivity (Wildman–Crippen MR) is 128 cm³/mol. The van der Waals surface area contributed by atoms with Crippen LogP contribution in [0.4, 0.5) is 0 Å². The van der Waals surface area contributed by atoms with Crippen LogP contribution in [0.2, 0.25) is 0 Å². The molecule has 1 atom stereocenters. The average molecular weight is 442 g/mol. The van der Waals surface area contributed by atoms with Gasteiger partial charge in [-0.3, -0.25) is 14.4 Å². The number of allylic oxidation sites excluding steroid dienone is 2. The fraction of sp³-hybridized carbons (Fsp3) is 0.333. The molecule has 0 spiro atoms. The molecular weight excluding hydrogens is 414 g/mol. The van der Waals surface area contributed by atoms with Crippen molar-refractivity contribution in [2.45, 2.75) is 54.4 Å². The number of hydrogen-bond acceptors (Lipinski definition) is 6. The monoisotopic (exact) mass is 441 g/mol. The minimum Gasteiger partial charge on any atom is -0.294 e. The maximum Gasteiger partial charge on any atom is 0.166 e. The molecule has 0 saturated carbocycles. The van der Waals surface area contributed by atoms with Gasteiger partial charge in [-0.2, -0.15) is 10.5 Å². The van der Waals surface area contributed by atoms with E-state index in [1.54, 1.807) is 38.1 Å². The van der Waals surface area contributed by atoms with E-state index in [-0.39, 0.29) is 41.0 Å². The maximum atomic E-state index is 13.3. The highest BCUT2D eigenvalue weighted by Crippen LogP contribution is 2.33. The lowest BCUT2D eigenvalue weighted by Crippen LogP contribution is -2.15. The Morgan fingerprint density at radius 1 is 0.879 bits per heavy atom. The maximum absolute atomic E-state index is 13.3. The van der Waals surface area contributed by atoms with E-state index < -0.39 is 0 Å². The summed E-state index contributed by atoms with van der Waals surface area (Å²) >= 11 is 0. The Kier molecular flexibility index (Phi) is 8.16. The van der Waals surface area contributed by atoms with Gasteiger partial charge in [-0.1, -0.05) is 45.0 Å². The van der Waals surface area contributed by atoms with Crippen LogP contribution in [0.15, 0.2) is 40.5 Å². The summed E-state index contributed by atoms with van der Waals surface area (Å²) < 4.78 is 0. The zero-order chi connectivity index (χ0) is 24.9. The van der Waals surface area contributed by atoms with Gasteiger partial charge in [-0.25, -0.2) is 4.99 Å². The first-order valence-electron chi connectivity index (χ1n) is 10.9. The van der Waals surface area contributed by atoms with Crippen LogP contribution in [0.3, 0.4) is 0 Å². The highest BCUT2D eigenvalue weighted by Gasteiger charge is 2.24. The number of nitrogens with zero attached hydrogens (tertiary/aromatic N) is 3. The molecule has 0 radical (unpaired) electrons. The molecule has 2 aromatic rings. The third kappa shape index (κ3) is 4.96. The second kappa shape index (κ2) is 10.6. The molecule has 0 fully saturated rings. The Morgan fingerprint density at radius 2 is 1.42 bits per heavy atom. The summed E-state index contributed by atoms with van der Waals surface area (Å²) in [6, 6.07) is 10.4. The summed E-state index contributed by atoms with van der Waals surface area (Å²) in [5.41, 5.74) is 2.19. The third-order valence-electron chi connectivity index (χ3n) is 5.79. The summed E-state index contributed by atoms with van der Waals surface area (Å²) in [4.78, 5) is 43.0. The lowest BCUT2D eigenvalue weighted by molar-refractivity contribution is 0.0926. The van der Waals surface area contributed by atoms with Crippen molar-refractivity contribution in [1.82, 2.24) is 0 Å². The minimum atomic E-state index is -0.262. The highest BCUT2D eigenvalue weighted by molar-refractivity contribution is 6.25. The van der Waals surface area contributed by atoms with Crippen LogP contribution in [-0.2, 0) is 0 Å². The Morgan fingerprint density at radius 3 is 1.94 bits per heavy atom. The van der Waals surface area contributed by atoms with Gasteiger partial charge in [-0.05, 0) is 27.2 Å². The van der Waals surface area contributed by atoms with Gasteiger partial charge >= 0.3 is 0 Å². The lowest BCUT2D eigenvalue weighted by Gasteiger charge is -2.18. The van der Waals surface area contributed by atoms with Gasteiger partial charge in [0.25, 0.3) is 0 Å². The molecule has 0 bridgehead atoms. The van der Waals surface area contributed by atoms with E-state index in [1.165, 1.54) is 13.8 Å². The molecule has 0 aliphatic rings. The van der Waals surface area contributed by atoms with Gasteiger partial charge in [0.1, 0.15) is 6.07 Å². The van der Waals surface area contributed by atoms with Crippen LogP contribution in [0.5, 0.6) is 0 Å². The van der Waals surface area contributed by atoms with Crippen molar-refractivity contribution in [3.05, 3.63) is 57.8 Å². The van der Waals surface area contributed by atoms with Crippen molar-refractivity contribution >= 4 is 33.8 Å². The molecule has 0 aromatic heterocycles. The molecule has 0 saturated heterocycles. The third-order valence-corrected chi connectivity index (χ3v) is 5.79. The number of carbonyl (C=O) groups excluding carboxylic acids is 3. The van der Waals surface area contributed by atoms with Crippen LogP contribution >= 0.6 is 0 Å². The van der Waals surface area contributed by atoms with Crippen molar-refractivity contribution in [2.24, 2.45) is 10.9 Å². The Bertz CT molecular complexity index is 1300. The fourth-order valence-corrected chi connectivity index (χ4v) is 3.64. The molecule has 6 nitrogen and oxygen atoms in total. The molecule has 0 N–H and O–H groups in total. The number of aliphatic imine (C=N–C) groups is 1. The molecule has 2 aromatic carbocycles. The molecule has 1 unspecified atom stereocenters. The molecule has 168 valence electrons. The van der Waals surface area contributed by atoms with E-state index in [9.17, 15) is 24.9 Å². The van der Waals surface area contributed by atoms with Crippen LogP contribution < -0.4 is 0 Å². The van der Waals surface area contributed by atoms with E-state index >= 15 is 0 Å². The van der Waals surface area contributed by atoms with Gasteiger partial charge in [0.15, 0.2) is 23.0 Å². The van der Waals surface area contributed by atoms with Gasteiger partial charge in [-0.15, -0.1) is 0 Å². The number of rotatable bonds is 8. The Labute approximate surface area is 194 Å². The van der Waals surface area contributed by atoms with Crippen molar-refractivity contribution in [2.75, 3.05) is 0 Å². The second-order valence-electron chi connectivity index (χ2n) is 7.97. The molecule has 6 heteroatoms. The number of ketones is 3. The molecule has 33 heavy (non-hydrogen) atoms. The van der Waals surface area contributed by atoms with E-state index in [0.717, 1.165) is 0 Å². The summed E-state index contributed by atoms with van der Waals surface area (Å²) in [6.07, 6.45) is 0.874. The van der Waals surface area contributed by atoms with Crippen molar-refractivity contribution in [3.63, 3.8) is 0 Å². The molecule has 0 heterocycles. The number of fused-ring (bicyclic) bond motifs is 1. The zero-order valence-electron chi connectivity index (χ0n) is 19.9. The minimum absolute atomic E-state index is 0.0330. The van der Waals surface area contributed by atoms with Crippen LogP contribution in [0.1, 0.15) is 91.0 Å². The van der Waals surface area contributed by atoms with Gasteiger partial charge in [0, 0.05) is 51.1 Å². The van der Waals surface area contributed by atoms with Gasteiger partial charge in [0.05, 0.1) is 11.6 Å². The van der Waals surface area contributed by atoms with E-state index in [2.05, 4.69) is 4.99 Å². The van der Waals surface area contributed by atoms with E-state index in [0.29, 0.717) is 45.2 Å². The van der Waals surface area contributed by atoms with Crippen molar-refractivity contribution in [3.8, 4) is 12.1 Å². The number of hydrogen-bond donors (Lipinski definition) is 0. The summed E-state index contributed by atoms with van der Waals surface area (Å²) in [5, 5.41) is 19.5. The topological polar surface area (TPSA) is 111 Å². The van der Waals surface area contributed by atoms with Crippen LogP contribution in [0.25, 0.3) is 10.8 Å². The normalized spacial score (nSPS) is 13.0.